The fourth-order valence-corrected chi connectivity index (χ4v) is 4.01. The third-order valence-corrected chi connectivity index (χ3v) is 5.57. The number of hydrogen-bond donors (Lipinski definition) is 1. The van der Waals surface area contributed by atoms with Crippen LogP contribution in [-0.4, -0.2) is 5.91 Å². The number of hydrogen-bond acceptors (Lipinski definition) is 1. The minimum Gasteiger partial charge on any atom is -0.326 e. The van der Waals surface area contributed by atoms with Crippen molar-refractivity contribution in [1.29, 1.82) is 0 Å². The zero-order valence-electron chi connectivity index (χ0n) is 15.9. The first-order valence-electron chi connectivity index (χ1n) is 10.1. The van der Waals surface area contributed by atoms with Crippen molar-refractivity contribution < 1.29 is 4.79 Å². The van der Waals surface area contributed by atoms with Gasteiger partial charge in [-0.25, -0.2) is 0 Å². The normalized spacial score (nSPS) is 20.8. The molecule has 1 aromatic carbocycles. The molecule has 24 heavy (non-hydrogen) atoms. The SMILES string of the molecule is CCCCc1cc(NC(=O)C2CCC(CCC)CC2)ccc1CC. The first kappa shape index (κ1) is 19.0. The highest BCUT2D eigenvalue weighted by Gasteiger charge is 2.25. The summed E-state index contributed by atoms with van der Waals surface area (Å²) in [5.41, 5.74) is 3.81. The van der Waals surface area contributed by atoms with Crippen LogP contribution in [0.25, 0.3) is 0 Å². The first-order chi connectivity index (χ1) is 11.7. The van der Waals surface area contributed by atoms with E-state index in [1.807, 2.05) is 0 Å². The van der Waals surface area contributed by atoms with Gasteiger partial charge in [0, 0.05) is 11.6 Å². The number of aryl methyl sites for hydroxylation is 2. The molecule has 2 heteroatoms. The van der Waals surface area contributed by atoms with Crippen molar-refractivity contribution in [2.75, 3.05) is 5.32 Å². The Morgan fingerprint density at radius 2 is 1.79 bits per heavy atom. The van der Waals surface area contributed by atoms with E-state index in [4.69, 9.17) is 0 Å². The van der Waals surface area contributed by atoms with Crippen LogP contribution in [0, 0.1) is 11.8 Å². The second-order valence-electron chi connectivity index (χ2n) is 7.44. The fourth-order valence-electron chi connectivity index (χ4n) is 4.01. The lowest BCUT2D eigenvalue weighted by molar-refractivity contribution is -0.121. The lowest BCUT2D eigenvalue weighted by Gasteiger charge is -2.27. The summed E-state index contributed by atoms with van der Waals surface area (Å²) in [5.74, 6) is 1.29. The molecule has 2 rings (SSSR count). The van der Waals surface area contributed by atoms with Gasteiger partial charge in [-0.1, -0.05) is 46.1 Å². The molecule has 0 unspecified atom stereocenters. The Bertz CT molecular complexity index is 515. The summed E-state index contributed by atoms with van der Waals surface area (Å²) in [6.07, 6.45) is 11.8. The van der Waals surface area contributed by atoms with Crippen LogP contribution in [0.5, 0.6) is 0 Å². The Morgan fingerprint density at radius 1 is 1.04 bits per heavy atom. The van der Waals surface area contributed by atoms with Crippen LogP contribution in [0.15, 0.2) is 18.2 Å². The lowest BCUT2D eigenvalue weighted by atomic mass is 9.79. The number of amides is 1. The third kappa shape index (κ3) is 5.36. The van der Waals surface area contributed by atoms with Crippen molar-refractivity contribution in [3.05, 3.63) is 29.3 Å². The molecular weight excluding hydrogens is 294 g/mol. The molecule has 0 saturated heterocycles. The standard InChI is InChI=1S/C22H35NO/c1-4-7-9-20-16-21(15-14-18(20)6-3)23-22(24)19-12-10-17(8-5-2)11-13-19/h14-17,19H,4-13H2,1-3H3,(H,23,24). The van der Waals surface area contributed by atoms with E-state index in [-0.39, 0.29) is 11.8 Å². The molecule has 2 nitrogen and oxygen atoms in total. The topological polar surface area (TPSA) is 29.1 Å². The van der Waals surface area contributed by atoms with Crippen molar-refractivity contribution in [1.82, 2.24) is 0 Å². The minimum atomic E-state index is 0.211. The molecule has 1 aliphatic carbocycles. The van der Waals surface area contributed by atoms with Gasteiger partial charge in [-0.3, -0.25) is 4.79 Å². The number of nitrogens with one attached hydrogen (secondary N) is 1. The van der Waals surface area contributed by atoms with Gasteiger partial charge in [-0.2, -0.15) is 0 Å². The molecule has 1 amide bonds. The molecule has 1 saturated carbocycles. The average molecular weight is 330 g/mol. The van der Waals surface area contributed by atoms with Crippen molar-refractivity contribution in [2.45, 2.75) is 85.0 Å². The maximum atomic E-state index is 12.6. The molecule has 0 bridgehead atoms. The highest BCUT2D eigenvalue weighted by Crippen LogP contribution is 2.32. The minimum absolute atomic E-state index is 0.211. The molecule has 1 aromatic rings. The number of carbonyl (C=O) groups excluding carboxylic acids is 1. The molecule has 134 valence electrons. The number of carbonyl (C=O) groups is 1. The van der Waals surface area contributed by atoms with E-state index in [1.165, 1.54) is 49.7 Å². The summed E-state index contributed by atoms with van der Waals surface area (Å²) in [5, 5.41) is 3.19. The van der Waals surface area contributed by atoms with Gasteiger partial charge in [0.1, 0.15) is 0 Å². The van der Waals surface area contributed by atoms with Crippen molar-refractivity contribution in [3.63, 3.8) is 0 Å². The second-order valence-corrected chi connectivity index (χ2v) is 7.44. The summed E-state index contributed by atoms with van der Waals surface area (Å²) < 4.78 is 0. The van der Waals surface area contributed by atoms with E-state index >= 15 is 0 Å². The van der Waals surface area contributed by atoms with Crippen LogP contribution in [0.2, 0.25) is 0 Å². The summed E-state index contributed by atoms with van der Waals surface area (Å²) >= 11 is 0. The molecular formula is C22H35NO. The maximum Gasteiger partial charge on any atom is 0.227 e. The second kappa shape index (κ2) is 9.86. The molecule has 1 aliphatic rings. The van der Waals surface area contributed by atoms with Crippen LogP contribution in [0.4, 0.5) is 5.69 Å². The number of unbranched alkanes of at least 4 members (excludes halogenated alkanes) is 1. The molecule has 0 spiro atoms. The van der Waals surface area contributed by atoms with Crippen molar-refractivity contribution >= 4 is 11.6 Å². The van der Waals surface area contributed by atoms with E-state index in [0.29, 0.717) is 0 Å². The van der Waals surface area contributed by atoms with E-state index < -0.39 is 0 Å². The Kier molecular flexibility index (Phi) is 7.81. The van der Waals surface area contributed by atoms with E-state index in [1.54, 1.807) is 0 Å². The molecule has 0 atom stereocenters. The Morgan fingerprint density at radius 3 is 2.42 bits per heavy atom. The Balaban J connectivity index is 1.94. The van der Waals surface area contributed by atoms with Crippen LogP contribution < -0.4 is 5.32 Å². The van der Waals surface area contributed by atoms with Gasteiger partial charge in [0.25, 0.3) is 0 Å². The third-order valence-electron chi connectivity index (χ3n) is 5.57. The summed E-state index contributed by atoms with van der Waals surface area (Å²) in [7, 11) is 0. The average Bonchev–Trinajstić information content (AvgIpc) is 2.61. The van der Waals surface area contributed by atoms with Crippen LogP contribution in [0.3, 0.4) is 0 Å². The predicted octanol–water partition coefficient (Wildman–Crippen LogP) is 6.14. The van der Waals surface area contributed by atoms with Gasteiger partial charge in [0.05, 0.1) is 0 Å². The van der Waals surface area contributed by atoms with Crippen LogP contribution in [0.1, 0.15) is 83.3 Å². The lowest BCUT2D eigenvalue weighted by Crippen LogP contribution is -2.27. The molecule has 0 heterocycles. The molecule has 0 aliphatic heterocycles. The van der Waals surface area contributed by atoms with E-state index in [0.717, 1.165) is 37.3 Å². The van der Waals surface area contributed by atoms with Gasteiger partial charge < -0.3 is 5.32 Å². The smallest absolute Gasteiger partial charge is 0.227 e. The summed E-state index contributed by atoms with van der Waals surface area (Å²) in [6, 6.07) is 6.47. The highest BCUT2D eigenvalue weighted by atomic mass is 16.1. The monoisotopic (exact) mass is 329 g/mol. The quantitative estimate of drug-likeness (QED) is 0.610. The number of anilines is 1. The largest absolute Gasteiger partial charge is 0.326 e. The molecule has 0 aromatic heterocycles. The van der Waals surface area contributed by atoms with Gasteiger partial charge in [-0.15, -0.1) is 0 Å². The number of benzene rings is 1. The summed E-state index contributed by atoms with van der Waals surface area (Å²) in [6.45, 7) is 6.69. The zero-order chi connectivity index (χ0) is 17.4. The maximum absolute atomic E-state index is 12.6. The Labute approximate surface area is 148 Å². The highest BCUT2D eigenvalue weighted by molar-refractivity contribution is 5.92. The Hall–Kier alpha value is -1.31. The van der Waals surface area contributed by atoms with Gasteiger partial charge >= 0.3 is 0 Å². The molecule has 1 fully saturated rings. The van der Waals surface area contributed by atoms with Gasteiger partial charge in [0.2, 0.25) is 5.91 Å². The van der Waals surface area contributed by atoms with E-state index in [9.17, 15) is 4.79 Å². The molecule has 0 radical (unpaired) electrons. The predicted molar refractivity (Wildman–Crippen MR) is 103 cm³/mol. The van der Waals surface area contributed by atoms with Crippen molar-refractivity contribution in [3.8, 4) is 0 Å². The first-order valence-corrected chi connectivity index (χ1v) is 10.1. The van der Waals surface area contributed by atoms with Crippen LogP contribution in [-0.2, 0) is 17.6 Å². The molecule has 1 N–H and O–H groups in total. The fraction of sp³-hybridized carbons (Fsp3) is 0.682. The zero-order valence-corrected chi connectivity index (χ0v) is 15.9. The number of rotatable bonds is 8. The van der Waals surface area contributed by atoms with Crippen molar-refractivity contribution in [2.24, 2.45) is 11.8 Å². The van der Waals surface area contributed by atoms with E-state index in [2.05, 4.69) is 44.3 Å². The van der Waals surface area contributed by atoms with Gasteiger partial charge in [0.15, 0.2) is 0 Å². The van der Waals surface area contributed by atoms with Gasteiger partial charge in [-0.05, 0) is 74.1 Å². The van der Waals surface area contributed by atoms with Crippen LogP contribution >= 0.6 is 0 Å². The summed E-state index contributed by atoms with van der Waals surface area (Å²) in [4.78, 5) is 12.6.